The molecule has 3 atom stereocenters. The number of nitrogens with zero attached hydrogens (tertiary/aromatic N) is 6. The molecule has 1 aliphatic heterocycles. The molecule has 4 heterocycles. The lowest BCUT2D eigenvalue weighted by Crippen LogP contribution is -2.28. The number of piperidine rings is 1. The largest absolute Gasteiger partial charge is 0.371 e. The van der Waals surface area contributed by atoms with Crippen LogP contribution in [0.25, 0.3) is 11.0 Å². The van der Waals surface area contributed by atoms with Gasteiger partial charge in [0.25, 0.3) is 11.1 Å². The topological polar surface area (TPSA) is 99.1 Å². The van der Waals surface area contributed by atoms with Crippen molar-refractivity contribution in [3.05, 3.63) is 80.2 Å². The van der Waals surface area contributed by atoms with Gasteiger partial charge in [-0.25, -0.2) is 4.98 Å². The summed E-state index contributed by atoms with van der Waals surface area (Å²) in [6.07, 6.45) is 1.44. The van der Waals surface area contributed by atoms with Gasteiger partial charge in [0.15, 0.2) is 5.82 Å². The summed E-state index contributed by atoms with van der Waals surface area (Å²) in [6, 6.07) is 10.8. The molecule has 10 heteroatoms. The fourth-order valence-electron chi connectivity index (χ4n) is 4.82. The minimum Gasteiger partial charge on any atom is -0.371 e. The van der Waals surface area contributed by atoms with Crippen LogP contribution in [0.15, 0.2) is 56.8 Å². The first-order chi connectivity index (χ1) is 15.5. The molecule has 6 rings (SSSR count). The van der Waals surface area contributed by atoms with Crippen LogP contribution in [0, 0.1) is 11.8 Å². The van der Waals surface area contributed by atoms with Crippen LogP contribution in [-0.4, -0.2) is 37.3 Å². The highest BCUT2D eigenvalue weighted by molar-refractivity contribution is 6.30. The molecule has 0 bridgehead atoms. The Labute approximate surface area is 186 Å². The fraction of sp³-hybridized carbons (Fsp3) is 0.318. The minimum atomic E-state index is -0.324. The van der Waals surface area contributed by atoms with E-state index in [4.69, 9.17) is 16.1 Å². The summed E-state index contributed by atoms with van der Waals surface area (Å²) < 4.78 is 8.12. The minimum absolute atomic E-state index is 0.106. The lowest BCUT2D eigenvalue weighted by Gasteiger charge is -2.21. The number of aryl methyl sites for hydroxylation is 1. The SMILES string of the molecule is Cn1c(=O)ccc2ncn(Cc3nc([C@H]4[C@@H]5CN(c6cccc(Cl)c6)C[C@@H]54)no3)c(=O)c21. The van der Waals surface area contributed by atoms with E-state index in [1.165, 1.54) is 21.5 Å². The highest BCUT2D eigenvalue weighted by Crippen LogP contribution is 2.57. The van der Waals surface area contributed by atoms with Gasteiger partial charge in [-0.05, 0) is 36.1 Å². The van der Waals surface area contributed by atoms with Crippen molar-refractivity contribution < 1.29 is 4.52 Å². The van der Waals surface area contributed by atoms with Gasteiger partial charge in [-0.1, -0.05) is 22.8 Å². The standard InChI is InChI=1S/C22H19ClN6O3/c1-27-18(30)6-5-16-20(27)22(31)29(11-24-16)10-17-25-21(26-32-17)19-14-8-28(9-15(14)19)13-4-2-3-12(23)7-13/h2-7,11,14-15,19H,8-10H2,1H3/t14-,15+,19+. The van der Waals surface area contributed by atoms with Crippen molar-refractivity contribution in [3.63, 3.8) is 0 Å². The van der Waals surface area contributed by atoms with E-state index in [1.807, 2.05) is 18.2 Å². The molecule has 2 fully saturated rings. The molecule has 0 N–H and O–H groups in total. The summed E-state index contributed by atoms with van der Waals surface area (Å²) in [6.45, 7) is 1.97. The average Bonchev–Trinajstić information content (AvgIpc) is 3.12. The Morgan fingerprint density at radius 3 is 2.75 bits per heavy atom. The Bertz CT molecular complexity index is 1460. The normalized spacial score (nSPS) is 21.8. The predicted octanol–water partition coefficient (Wildman–Crippen LogP) is 2.03. The van der Waals surface area contributed by atoms with E-state index in [1.54, 1.807) is 13.1 Å². The smallest absolute Gasteiger partial charge is 0.278 e. The number of halogens is 1. The van der Waals surface area contributed by atoms with Crippen LogP contribution in [0.1, 0.15) is 17.6 Å². The van der Waals surface area contributed by atoms with Gasteiger partial charge in [-0.3, -0.25) is 14.2 Å². The molecule has 0 spiro atoms. The van der Waals surface area contributed by atoms with Crippen LogP contribution in [0.2, 0.25) is 5.02 Å². The number of pyridine rings is 1. The second-order valence-electron chi connectivity index (χ2n) is 8.43. The molecule has 1 saturated heterocycles. The summed E-state index contributed by atoms with van der Waals surface area (Å²) in [5.41, 5.74) is 1.26. The lowest BCUT2D eigenvalue weighted by atomic mass is 10.2. The van der Waals surface area contributed by atoms with Crippen molar-refractivity contribution in [2.45, 2.75) is 12.5 Å². The van der Waals surface area contributed by atoms with Crippen molar-refractivity contribution in [3.8, 4) is 0 Å². The van der Waals surface area contributed by atoms with Crippen molar-refractivity contribution in [1.82, 2.24) is 24.3 Å². The van der Waals surface area contributed by atoms with Gasteiger partial charge >= 0.3 is 0 Å². The molecule has 0 radical (unpaired) electrons. The van der Waals surface area contributed by atoms with Crippen molar-refractivity contribution in [1.29, 1.82) is 0 Å². The highest BCUT2D eigenvalue weighted by Gasteiger charge is 2.58. The van der Waals surface area contributed by atoms with E-state index < -0.39 is 0 Å². The molecule has 1 saturated carbocycles. The molecule has 9 nitrogen and oxygen atoms in total. The Morgan fingerprint density at radius 1 is 1.16 bits per heavy atom. The van der Waals surface area contributed by atoms with Crippen molar-refractivity contribution in [2.24, 2.45) is 18.9 Å². The first-order valence-electron chi connectivity index (χ1n) is 10.4. The van der Waals surface area contributed by atoms with Gasteiger partial charge in [0, 0.05) is 42.8 Å². The van der Waals surface area contributed by atoms with Crippen LogP contribution in [-0.2, 0) is 13.6 Å². The van der Waals surface area contributed by atoms with Gasteiger partial charge in [0.05, 0.1) is 11.8 Å². The van der Waals surface area contributed by atoms with Crippen LogP contribution in [0.4, 0.5) is 5.69 Å². The van der Waals surface area contributed by atoms with Gasteiger partial charge < -0.3 is 14.0 Å². The van der Waals surface area contributed by atoms with E-state index in [2.05, 4.69) is 26.1 Å². The van der Waals surface area contributed by atoms with Gasteiger partial charge in [0.2, 0.25) is 5.89 Å². The third kappa shape index (κ3) is 3.03. The lowest BCUT2D eigenvalue weighted by molar-refractivity contribution is 0.363. The zero-order valence-electron chi connectivity index (χ0n) is 17.2. The van der Waals surface area contributed by atoms with Crippen molar-refractivity contribution in [2.75, 3.05) is 18.0 Å². The molecule has 0 unspecified atom stereocenters. The van der Waals surface area contributed by atoms with Crippen LogP contribution in [0.3, 0.4) is 0 Å². The number of hydrogen-bond acceptors (Lipinski definition) is 7. The second kappa shape index (κ2) is 7.03. The number of hydrogen-bond donors (Lipinski definition) is 0. The van der Waals surface area contributed by atoms with Gasteiger partial charge in [0.1, 0.15) is 12.1 Å². The Kier molecular flexibility index (Phi) is 4.23. The predicted molar refractivity (Wildman–Crippen MR) is 118 cm³/mol. The summed E-state index contributed by atoms with van der Waals surface area (Å²) in [5, 5.41) is 4.91. The van der Waals surface area contributed by atoms with Crippen molar-refractivity contribution >= 4 is 28.3 Å². The van der Waals surface area contributed by atoms with E-state index in [-0.39, 0.29) is 29.1 Å². The third-order valence-corrected chi connectivity index (χ3v) is 6.78. The summed E-state index contributed by atoms with van der Waals surface area (Å²) in [5.74, 6) is 2.28. The second-order valence-corrected chi connectivity index (χ2v) is 8.86. The average molecular weight is 451 g/mol. The Hall–Kier alpha value is -3.46. The molecular weight excluding hydrogens is 432 g/mol. The van der Waals surface area contributed by atoms with E-state index in [9.17, 15) is 9.59 Å². The molecule has 0 amide bonds. The summed E-state index contributed by atoms with van der Waals surface area (Å²) in [7, 11) is 1.56. The molecule has 162 valence electrons. The van der Waals surface area contributed by atoms with E-state index in [0.29, 0.717) is 29.1 Å². The zero-order chi connectivity index (χ0) is 22.0. The number of fused-ring (bicyclic) bond motifs is 2. The van der Waals surface area contributed by atoms with Crippen LogP contribution < -0.4 is 16.0 Å². The van der Waals surface area contributed by atoms with Gasteiger partial charge in [-0.15, -0.1) is 0 Å². The highest BCUT2D eigenvalue weighted by atomic mass is 35.5. The molecule has 3 aromatic heterocycles. The van der Waals surface area contributed by atoms with E-state index >= 15 is 0 Å². The van der Waals surface area contributed by atoms with Crippen LogP contribution in [0.5, 0.6) is 0 Å². The number of aromatic nitrogens is 5. The van der Waals surface area contributed by atoms with E-state index in [0.717, 1.165) is 23.8 Å². The maximum atomic E-state index is 12.9. The molecule has 4 aromatic rings. The summed E-state index contributed by atoms with van der Waals surface area (Å²) in [4.78, 5) is 35.9. The zero-order valence-corrected chi connectivity index (χ0v) is 17.9. The first-order valence-corrected chi connectivity index (χ1v) is 10.8. The molecule has 2 aliphatic rings. The maximum Gasteiger partial charge on any atom is 0.278 e. The van der Waals surface area contributed by atoms with Gasteiger partial charge in [-0.2, -0.15) is 4.98 Å². The molecular formula is C22H19ClN6O3. The number of rotatable bonds is 4. The number of anilines is 1. The first kappa shape index (κ1) is 19.2. The Morgan fingerprint density at radius 2 is 1.97 bits per heavy atom. The maximum absolute atomic E-state index is 12.9. The fourth-order valence-corrected chi connectivity index (χ4v) is 5.00. The third-order valence-electron chi connectivity index (χ3n) is 6.55. The summed E-state index contributed by atoms with van der Waals surface area (Å²) >= 11 is 6.12. The quantitative estimate of drug-likeness (QED) is 0.469. The molecule has 1 aliphatic carbocycles. The molecule has 1 aromatic carbocycles. The Balaban J connectivity index is 1.19. The number of benzene rings is 1. The monoisotopic (exact) mass is 450 g/mol. The molecule has 32 heavy (non-hydrogen) atoms. The van der Waals surface area contributed by atoms with Crippen LogP contribution >= 0.6 is 11.6 Å².